The Bertz CT molecular complexity index is 278. The van der Waals surface area contributed by atoms with Crippen molar-refractivity contribution in [2.24, 2.45) is 17.6 Å². The highest BCUT2D eigenvalue weighted by Gasteiger charge is 2.30. The Morgan fingerprint density at radius 3 is 2.76 bits per heavy atom. The minimum atomic E-state index is 0.0616. The van der Waals surface area contributed by atoms with Gasteiger partial charge in [-0.3, -0.25) is 4.79 Å². The number of nitrogens with one attached hydrogen (secondary N) is 1. The molecule has 1 rings (SSSR count). The van der Waals surface area contributed by atoms with Crippen LogP contribution in [0.5, 0.6) is 0 Å². The highest BCUT2D eigenvalue weighted by atomic mass is 32.1. The Morgan fingerprint density at radius 1 is 1.59 bits per heavy atom. The standard InChI is InChI=1S/C12H22N2O2S/c1-3-16-10-4-9(5-10)6-11(15)14-7-8(2)12(13)17/h8-10H,3-7H2,1-2H3,(H2,13,17)(H,14,15). The van der Waals surface area contributed by atoms with E-state index in [0.29, 0.717) is 30.0 Å². The highest BCUT2D eigenvalue weighted by molar-refractivity contribution is 7.80. The number of hydrogen-bond acceptors (Lipinski definition) is 3. The molecule has 0 aliphatic heterocycles. The number of carbonyl (C=O) groups is 1. The van der Waals surface area contributed by atoms with Crippen LogP contribution in [0.1, 0.15) is 33.1 Å². The van der Waals surface area contributed by atoms with E-state index >= 15 is 0 Å². The van der Waals surface area contributed by atoms with Gasteiger partial charge in [0.15, 0.2) is 0 Å². The summed E-state index contributed by atoms with van der Waals surface area (Å²) < 4.78 is 5.45. The van der Waals surface area contributed by atoms with Crippen molar-refractivity contribution >= 4 is 23.1 Å². The zero-order valence-electron chi connectivity index (χ0n) is 10.6. The summed E-state index contributed by atoms with van der Waals surface area (Å²) in [6.45, 7) is 5.21. The fraction of sp³-hybridized carbons (Fsp3) is 0.833. The van der Waals surface area contributed by atoms with Gasteiger partial charge < -0.3 is 15.8 Å². The third-order valence-corrected chi connectivity index (χ3v) is 3.56. The van der Waals surface area contributed by atoms with Crippen molar-refractivity contribution in [2.75, 3.05) is 13.2 Å². The van der Waals surface area contributed by atoms with Gasteiger partial charge in [-0.05, 0) is 25.7 Å². The van der Waals surface area contributed by atoms with Crippen LogP contribution in [-0.2, 0) is 9.53 Å². The Balaban J connectivity index is 2.09. The molecule has 1 atom stereocenters. The largest absolute Gasteiger partial charge is 0.393 e. The van der Waals surface area contributed by atoms with Crippen LogP contribution in [0.2, 0.25) is 0 Å². The summed E-state index contributed by atoms with van der Waals surface area (Å²) in [5.41, 5.74) is 5.48. The van der Waals surface area contributed by atoms with Crippen molar-refractivity contribution in [3.05, 3.63) is 0 Å². The second-order valence-corrected chi connectivity index (χ2v) is 5.20. The summed E-state index contributed by atoms with van der Waals surface area (Å²) in [6, 6.07) is 0. The molecule has 1 aliphatic rings. The molecule has 0 aromatic heterocycles. The maximum Gasteiger partial charge on any atom is 0.220 e. The van der Waals surface area contributed by atoms with Crippen molar-refractivity contribution in [2.45, 2.75) is 39.2 Å². The number of ether oxygens (including phenoxy) is 1. The molecule has 1 unspecified atom stereocenters. The van der Waals surface area contributed by atoms with Gasteiger partial charge in [0.25, 0.3) is 0 Å². The molecule has 17 heavy (non-hydrogen) atoms. The average Bonchev–Trinajstić information content (AvgIpc) is 2.22. The predicted octanol–water partition coefficient (Wildman–Crippen LogP) is 1.23. The maximum absolute atomic E-state index is 11.6. The summed E-state index contributed by atoms with van der Waals surface area (Å²) in [7, 11) is 0. The van der Waals surface area contributed by atoms with E-state index < -0.39 is 0 Å². The van der Waals surface area contributed by atoms with Gasteiger partial charge in [0.2, 0.25) is 5.91 Å². The van der Waals surface area contributed by atoms with Crippen LogP contribution < -0.4 is 11.1 Å². The van der Waals surface area contributed by atoms with Crippen molar-refractivity contribution < 1.29 is 9.53 Å². The summed E-state index contributed by atoms with van der Waals surface area (Å²) in [5, 5.41) is 2.86. The monoisotopic (exact) mass is 258 g/mol. The molecule has 1 aliphatic carbocycles. The van der Waals surface area contributed by atoms with Gasteiger partial charge in [-0.15, -0.1) is 0 Å². The Morgan fingerprint density at radius 2 is 2.24 bits per heavy atom. The zero-order chi connectivity index (χ0) is 12.8. The van der Waals surface area contributed by atoms with Gasteiger partial charge in [-0.2, -0.15) is 0 Å². The van der Waals surface area contributed by atoms with Crippen molar-refractivity contribution in [1.29, 1.82) is 0 Å². The van der Waals surface area contributed by atoms with Gasteiger partial charge >= 0.3 is 0 Å². The molecule has 0 radical (unpaired) electrons. The molecule has 98 valence electrons. The van der Waals surface area contributed by atoms with E-state index in [1.165, 1.54) is 0 Å². The van der Waals surface area contributed by atoms with Crippen LogP contribution in [0.25, 0.3) is 0 Å². The van der Waals surface area contributed by atoms with Crippen LogP contribution >= 0.6 is 12.2 Å². The van der Waals surface area contributed by atoms with E-state index in [1.807, 2.05) is 13.8 Å². The predicted molar refractivity (Wildman–Crippen MR) is 71.7 cm³/mol. The van der Waals surface area contributed by atoms with Crippen LogP contribution in [0.4, 0.5) is 0 Å². The normalized spacial score (nSPS) is 24.8. The van der Waals surface area contributed by atoms with Crippen molar-refractivity contribution in [3.63, 3.8) is 0 Å². The first-order valence-electron chi connectivity index (χ1n) is 6.20. The average molecular weight is 258 g/mol. The molecule has 0 spiro atoms. The van der Waals surface area contributed by atoms with Gasteiger partial charge in [0, 0.05) is 25.5 Å². The molecular weight excluding hydrogens is 236 g/mol. The topological polar surface area (TPSA) is 64.3 Å². The lowest BCUT2D eigenvalue weighted by atomic mass is 9.80. The lowest BCUT2D eigenvalue weighted by molar-refractivity contribution is -0.124. The Kier molecular flexibility index (Phi) is 5.85. The number of nitrogens with two attached hydrogens (primary N) is 1. The molecular formula is C12H22N2O2S. The quantitative estimate of drug-likeness (QED) is 0.674. The smallest absolute Gasteiger partial charge is 0.220 e. The molecule has 1 fully saturated rings. The SMILES string of the molecule is CCOC1CC(CC(=O)NCC(C)C(N)=S)C1. The second-order valence-electron chi connectivity index (χ2n) is 4.73. The minimum absolute atomic E-state index is 0.0616. The van der Waals surface area contributed by atoms with E-state index in [4.69, 9.17) is 22.7 Å². The number of rotatable bonds is 7. The summed E-state index contributed by atoms with van der Waals surface area (Å²) in [4.78, 5) is 12.1. The number of hydrogen-bond donors (Lipinski definition) is 2. The lowest BCUT2D eigenvalue weighted by Crippen LogP contribution is -2.38. The molecule has 1 saturated carbocycles. The fourth-order valence-corrected chi connectivity index (χ4v) is 2.00. The van der Waals surface area contributed by atoms with Crippen LogP contribution in [0, 0.1) is 11.8 Å². The molecule has 0 aromatic rings. The zero-order valence-corrected chi connectivity index (χ0v) is 11.4. The fourth-order valence-electron chi connectivity index (χ4n) is 1.91. The highest BCUT2D eigenvalue weighted by Crippen LogP contribution is 2.32. The number of amides is 1. The summed E-state index contributed by atoms with van der Waals surface area (Å²) in [5.74, 6) is 0.631. The molecule has 5 heteroatoms. The first-order valence-corrected chi connectivity index (χ1v) is 6.61. The van der Waals surface area contributed by atoms with E-state index in [1.54, 1.807) is 0 Å². The molecule has 4 nitrogen and oxygen atoms in total. The molecule has 0 aromatic carbocycles. The Labute approximate surface area is 108 Å². The van der Waals surface area contributed by atoms with Crippen LogP contribution in [0.3, 0.4) is 0 Å². The van der Waals surface area contributed by atoms with E-state index in [9.17, 15) is 4.79 Å². The first-order chi connectivity index (χ1) is 8.02. The minimum Gasteiger partial charge on any atom is -0.393 e. The van der Waals surface area contributed by atoms with Crippen LogP contribution in [-0.4, -0.2) is 30.2 Å². The molecule has 0 bridgehead atoms. The lowest BCUT2D eigenvalue weighted by Gasteiger charge is -2.34. The molecule has 0 heterocycles. The summed E-state index contributed by atoms with van der Waals surface area (Å²) >= 11 is 4.85. The van der Waals surface area contributed by atoms with Gasteiger partial charge in [-0.25, -0.2) is 0 Å². The van der Waals surface area contributed by atoms with Crippen LogP contribution in [0.15, 0.2) is 0 Å². The van der Waals surface area contributed by atoms with Gasteiger partial charge in [0.05, 0.1) is 11.1 Å². The summed E-state index contributed by atoms with van der Waals surface area (Å²) in [6.07, 6.45) is 2.97. The van der Waals surface area contributed by atoms with Crippen molar-refractivity contribution in [3.8, 4) is 0 Å². The number of carbonyl (C=O) groups excluding carboxylic acids is 1. The third-order valence-electron chi connectivity index (χ3n) is 3.16. The molecule has 0 saturated heterocycles. The second kappa shape index (κ2) is 6.91. The molecule has 1 amide bonds. The van der Waals surface area contributed by atoms with E-state index in [0.717, 1.165) is 19.4 Å². The number of thiocarbonyl (C=S) groups is 1. The van der Waals surface area contributed by atoms with E-state index in [2.05, 4.69) is 5.32 Å². The van der Waals surface area contributed by atoms with E-state index in [-0.39, 0.29) is 11.8 Å². The van der Waals surface area contributed by atoms with Gasteiger partial charge in [0.1, 0.15) is 0 Å². The maximum atomic E-state index is 11.6. The third kappa shape index (κ3) is 5.00. The Hall–Kier alpha value is -0.680. The van der Waals surface area contributed by atoms with Gasteiger partial charge in [-0.1, -0.05) is 19.1 Å². The molecule has 3 N–H and O–H groups in total. The first kappa shape index (κ1) is 14.4. The van der Waals surface area contributed by atoms with Crippen molar-refractivity contribution in [1.82, 2.24) is 5.32 Å².